The van der Waals surface area contributed by atoms with Gasteiger partial charge in [0.25, 0.3) is 0 Å². The number of nitrogens with zero attached hydrogens (tertiary/aromatic N) is 4. The van der Waals surface area contributed by atoms with E-state index in [1.54, 1.807) is 4.52 Å². The fourth-order valence-corrected chi connectivity index (χ4v) is 2.02. The zero-order valence-corrected chi connectivity index (χ0v) is 11.0. The smallest absolute Gasteiger partial charge is 0.177 e. The van der Waals surface area contributed by atoms with Crippen molar-refractivity contribution in [1.29, 1.82) is 0 Å². The van der Waals surface area contributed by atoms with Gasteiger partial charge in [-0.15, -0.1) is 10.2 Å². The van der Waals surface area contributed by atoms with Gasteiger partial charge in [0.1, 0.15) is 0 Å². The normalized spacial score (nSPS) is 11.1. The van der Waals surface area contributed by atoms with E-state index < -0.39 is 0 Å². The van der Waals surface area contributed by atoms with Crippen LogP contribution in [0.2, 0.25) is 0 Å². The largest absolute Gasteiger partial charge is 0.324 e. The molecule has 0 radical (unpaired) electrons. The zero-order valence-electron chi connectivity index (χ0n) is 11.0. The SMILES string of the molecule is Cc1ccc(-c2ccc3nnc(CN)n3n2)cc1C. The molecule has 0 unspecified atom stereocenters. The average molecular weight is 253 g/mol. The molecule has 2 N–H and O–H groups in total. The van der Waals surface area contributed by atoms with Crippen LogP contribution in [-0.4, -0.2) is 19.8 Å². The molecule has 0 aliphatic rings. The number of aryl methyl sites for hydroxylation is 2. The maximum Gasteiger partial charge on any atom is 0.177 e. The Hall–Kier alpha value is -2.27. The Bertz CT molecular complexity index is 745. The number of nitrogens with two attached hydrogens (primary N) is 1. The van der Waals surface area contributed by atoms with Gasteiger partial charge in [-0.2, -0.15) is 9.61 Å². The highest BCUT2D eigenvalue weighted by atomic mass is 15.4. The summed E-state index contributed by atoms with van der Waals surface area (Å²) in [4.78, 5) is 0. The molecular weight excluding hydrogens is 238 g/mol. The van der Waals surface area contributed by atoms with E-state index in [1.807, 2.05) is 12.1 Å². The summed E-state index contributed by atoms with van der Waals surface area (Å²) in [6, 6.07) is 10.2. The molecule has 0 aliphatic heterocycles. The third-order valence-electron chi connectivity index (χ3n) is 3.31. The van der Waals surface area contributed by atoms with Crippen molar-refractivity contribution in [3.05, 3.63) is 47.3 Å². The van der Waals surface area contributed by atoms with Crippen LogP contribution in [0, 0.1) is 13.8 Å². The van der Waals surface area contributed by atoms with E-state index in [4.69, 9.17) is 5.73 Å². The Morgan fingerprint density at radius 2 is 1.89 bits per heavy atom. The highest BCUT2D eigenvalue weighted by Gasteiger charge is 2.07. The maximum absolute atomic E-state index is 5.63. The van der Waals surface area contributed by atoms with Crippen LogP contribution in [0.4, 0.5) is 0 Å². The summed E-state index contributed by atoms with van der Waals surface area (Å²) in [5.41, 5.74) is 10.9. The zero-order chi connectivity index (χ0) is 13.4. The second-order valence-electron chi connectivity index (χ2n) is 4.61. The second-order valence-corrected chi connectivity index (χ2v) is 4.61. The van der Waals surface area contributed by atoms with Gasteiger partial charge in [0.05, 0.1) is 12.2 Å². The minimum atomic E-state index is 0.324. The lowest BCUT2D eigenvalue weighted by molar-refractivity contribution is 0.811. The monoisotopic (exact) mass is 253 g/mol. The highest BCUT2D eigenvalue weighted by Crippen LogP contribution is 2.20. The van der Waals surface area contributed by atoms with Crippen molar-refractivity contribution in [2.75, 3.05) is 0 Å². The van der Waals surface area contributed by atoms with Crippen LogP contribution in [0.3, 0.4) is 0 Å². The third-order valence-corrected chi connectivity index (χ3v) is 3.31. The number of fused-ring (bicyclic) bond motifs is 1. The van der Waals surface area contributed by atoms with Crippen molar-refractivity contribution in [3.63, 3.8) is 0 Å². The van der Waals surface area contributed by atoms with Crippen LogP contribution in [0.25, 0.3) is 16.9 Å². The van der Waals surface area contributed by atoms with E-state index in [-0.39, 0.29) is 0 Å². The number of aromatic nitrogens is 4. The molecule has 96 valence electrons. The van der Waals surface area contributed by atoms with E-state index in [0.29, 0.717) is 18.0 Å². The molecule has 0 saturated carbocycles. The van der Waals surface area contributed by atoms with Crippen molar-refractivity contribution in [2.24, 2.45) is 5.73 Å². The van der Waals surface area contributed by atoms with Gasteiger partial charge in [0, 0.05) is 5.56 Å². The van der Waals surface area contributed by atoms with E-state index in [1.165, 1.54) is 11.1 Å². The molecule has 0 fully saturated rings. The Morgan fingerprint density at radius 3 is 2.63 bits per heavy atom. The summed E-state index contributed by atoms with van der Waals surface area (Å²) in [6.07, 6.45) is 0. The summed E-state index contributed by atoms with van der Waals surface area (Å²) >= 11 is 0. The molecule has 5 heteroatoms. The lowest BCUT2D eigenvalue weighted by Gasteiger charge is -2.05. The molecule has 0 saturated heterocycles. The molecule has 0 spiro atoms. The van der Waals surface area contributed by atoms with Gasteiger partial charge in [0.2, 0.25) is 0 Å². The van der Waals surface area contributed by atoms with Gasteiger partial charge in [-0.05, 0) is 43.2 Å². The van der Waals surface area contributed by atoms with Gasteiger partial charge in [0.15, 0.2) is 11.5 Å². The van der Waals surface area contributed by atoms with E-state index in [0.717, 1.165) is 11.3 Å². The minimum Gasteiger partial charge on any atom is -0.324 e. The van der Waals surface area contributed by atoms with Crippen molar-refractivity contribution in [1.82, 2.24) is 19.8 Å². The first-order chi connectivity index (χ1) is 9.19. The first-order valence-corrected chi connectivity index (χ1v) is 6.18. The van der Waals surface area contributed by atoms with E-state index in [2.05, 4.69) is 47.3 Å². The Kier molecular flexibility index (Phi) is 2.76. The minimum absolute atomic E-state index is 0.324. The van der Waals surface area contributed by atoms with Crippen LogP contribution in [0.1, 0.15) is 17.0 Å². The third kappa shape index (κ3) is 1.98. The van der Waals surface area contributed by atoms with Crippen LogP contribution in [-0.2, 0) is 6.54 Å². The molecule has 19 heavy (non-hydrogen) atoms. The molecule has 3 rings (SSSR count). The summed E-state index contributed by atoms with van der Waals surface area (Å²) in [5, 5.41) is 12.6. The second kappa shape index (κ2) is 4.44. The lowest BCUT2D eigenvalue weighted by atomic mass is 10.0. The standard InChI is InChI=1S/C14H15N5/c1-9-3-4-11(7-10(9)2)12-5-6-13-16-17-14(8-15)19(13)18-12/h3-7H,8,15H2,1-2H3. The average Bonchev–Trinajstić information content (AvgIpc) is 2.84. The van der Waals surface area contributed by atoms with Gasteiger partial charge in [-0.3, -0.25) is 0 Å². The van der Waals surface area contributed by atoms with Gasteiger partial charge in [-0.25, -0.2) is 0 Å². The Balaban J connectivity index is 2.16. The maximum atomic E-state index is 5.63. The fourth-order valence-electron chi connectivity index (χ4n) is 2.02. The lowest BCUT2D eigenvalue weighted by Crippen LogP contribution is -2.05. The molecule has 2 heterocycles. The molecule has 1 aromatic carbocycles. The molecule has 0 atom stereocenters. The van der Waals surface area contributed by atoms with E-state index in [9.17, 15) is 0 Å². The number of hydrogen-bond acceptors (Lipinski definition) is 4. The van der Waals surface area contributed by atoms with Gasteiger partial charge in [-0.1, -0.05) is 12.1 Å². The van der Waals surface area contributed by atoms with Gasteiger partial charge >= 0.3 is 0 Å². The van der Waals surface area contributed by atoms with Crippen molar-refractivity contribution in [3.8, 4) is 11.3 Å². The molecule has 0 amide bonds. The molecule has 0 bridgehead atoms. The van der Waals surface area contributed by atoms with Crippen molar-refractivity contribution in [2.45, 2.75) is 20.4 Å². The molecule has 3 aromatic rings. The van der Waals surface area contributed by atoms with Gasteiger partial charge < -0.3 is 5.73 Å². The summed E-state index contributed by atoms with van der Waals surface area (Å²) in [5.74, 6) is 0.667. The van der Waals surface area contributed by atoms with Crippen LogP contribution >= 0.6 is 0 Å². The Morgan fingerprint density at radius 1 is 1.05 bits per heavy atom. The molecule has 2 aromatic heterocycles. The summed E-state index contributed by atoms with van der Waals surface area (Å²) in [6.45, 7) is 4.52. The summed E-state index contributed by atoms with van der Waals surface area (Å²) < 4.78 is 1.70. The number of hydrogen-bond donors (Lipinski definition) is 1. The quantitative estimate of drug-likeness (QED) is 0.757. The fraction of sp³-hybridized carbons (Fsp3) is 0.214. The van der Waals surface area contributed by atoms with Crippen LogP contribution < -0.4 is 5.73 Å². The van der Waals surface area contributed by atoms with Crippen LogP contribution in [0.5, 0.6) is 0 Å². The number of benzene rings is 1. The first kappa shape index (κ1) is 11.8. The van der Waals surface area contributed by atoms with Crippen molar-refractivity contribution >= 4 is 5.65 Å². The highest BCUT2D eigenvalue weighted by molar-refractivity contribution is 5.61. The summed E-state index contributed by atoms with van der Waals surface area (Å²) in [7, 11) is 0. The Labute approximate surface area is 111 Å². The van der Waals surface area contributed by atoms with Crippen molar-refractivity contribution < 1.29 is 0 Å². The molecule has 0 aliphatic carbocycles. The molecular formula is C14H15N5. The topological polar surface area (TPSA) is 69.1 Å². The molecule has 5 nitrogen and oxygen atoms in total. The predicted molar refractivity (Wildman–Crippen MR) is 73.6 cm³/mol. The van der Waals surface area contributed by atoms with E-state index >= 15 is 0 Å². The van der Waals surface area contributed by atoms with Crippen LogP contribution in [0.15, 0.2) is 30.3 Å². The number of rotatable bonds is 2. The predicted octanol–water partition coefficient (Wildman–Crippen LogP) is 1.87. The first-order valence-electron chi connectivity index (χ1n) is 6.18.